The van der Waals surface area contributed by atoms with E-state index in [1.807, 2.05) is 0 Å². The van der Waals surface area contributed by atoms with E-state index in [-0.39, 0.29) is 13.0 Å². The molecule has 0 aromatic heterocycles. The van der Waals surface area contributed by atoms with Gasteiger partial charge in [0.1, 0.15) is 42.7 Å². The number of ether oxygens (including phenoxy) is 2. The second-order valence-corrected chi connectivity index (χ2v) is 19.8. The van der Waals surface area contributed by atoms with Gasteiger partial charge in [-0.15, -0.1) is 0 Å². The first-order chi connectivity index (χ1) is 31.0. The molecule has 0 spiro atoms. The number of aliphatic hydroxyl groups is 5. The smallest absolute Gasteiger partial charge is 0.457 e. The highest BCUT2D eigenvalue weighted by Crippen LogP contribution is 2.47. The molecule has 0 saturated heterocycles. The third-order valence-corrected chi connectivity index (χ3v) is 13.3. The van der Waals surface area contributed by atoms with E-state index >= 15 is 0 Å². The Balaban J connectivity index is 2.33. The van der Waals surface area contributed by atoms with Crippen molar-refractivity contribution in [3.63, 3.8) is 0 Å². The molecular formula is C51H97O12P. The lowest BCUT2D eigenvalue weighted by Gasteiger charge is -2.41. The number of rotatable bonds is 45. The van der Waals surface area contributed by atoms with E-state index in [1.54, 1.807) is 0 Å². The number of unbranched alkanes of at least 4 members (excludes halogenated alkanes) is 29. The van der Waals surface area contributed by atoms with Crippen LogP contribution in [0, 0.1) is 0 Å². The van der Waals surface area contributed by atoms with Crippen LogP contribution in [0.5, 0.6) is 0 Å². The van der Waals surface area contributed by atoms with Crippen molar-refractivity contribution >= 4 is 13.8 Å². The van der Waals surface area contributed by atoms with Crippen LogP contribution in [0.15, 0.2) is 24.3 Å². The molecule has 0 amide bonds. The first kappa shape index (κ1) is 60.8. The Morgan fingerprint density at radius 3 is 1.23 bits per heavy atom. The number of hydrogen-bond acceptors (Lipinski definition) is 11. The fourth-order valence-corrected chi connectivity index (χ4v) is 9.08. The fourth-order valence-electron chi connectivity index (χ4n) is 8.11. The average Bonchev–Trinajstić information content (AvgIpc) is 3.28. The van der Waals surface area contributed by atoms with Gasteiger partial charge in [-0.05, 0) is 64.2 Å². The van der Waals surface area contributed by atoms with E-state index in [0.717, 1.165) is 51.4 Å². The van der Waals surface area contributed by atoms with Crippen LogP contribution in [0.3, 0.4) is 0 Å². The molecule has 0 bridgehead atoms. The SMILES string of the molecule is CCCCCCCC/C=C\CCCCCCCCOCC(COP(=O)(O)OC1C(O)C(O)C(O)C(O)C1O)OC(=O)CCCCCCCCCCC/C=C\CCCCCCCCCC. The Morgan fingerprint density at radius 1 is 0.484 bits per heavy atom. The van der Waals surface area contributed by atoms with Gasteiger partial charge in [0, 0.05) is 13.0 Å². The summed E-state index contributed by atoms with van der Waals surface area (Å²) in [6.45, 7) is 4.27. The first-order valence-electron chi connectivity index (χ1n) is 26.2. The number of allylic oxidation sites excluding steroid dienone is 4. The van der Waals surface area contributed by atoms with Crippen molar-refractivity contribution in [1.82, 2.24) is 0 Å². The van der Waals surface area contributed by atoms with Gasteiger partial charge < -0.3 is 39.9 Å². The lowest BCUT2D eigenvalue weighted by Crippen LogP contribution is -2.64. The lowest BCUT2D eigenvalue weighted by molar-refractivity contribution is -0.220. The van der Waals surface area contributed by atoms with Crippen molar-refractivity contribution < 1.29 is 58.3 Å². The molecule has 0 radical (unpaired) electrons. The molecule has 0 aromatic rings. The summed E-state index contributed by atoms with van der Waals surface area (Å²) in [5.74, 6) is -0.478. The predicted octanol–water partition coefficient (Wildman–Crippen LogP) is 11.7. The second kappa shape index (κ2) is 42.0. The van der Waals surface area contributed by atoms with Crippen LogP contribution >= 0.6 is 7.82 Å². The van der Waals surface area contributed by atoms with Gasteiger partial charge in [0.2, 0.25) is 0 Å². The minimum absolute atomic E-state index is 0.0787. The van der Waals surface area contributed by atoms with Gasteiger partial charge in [0.15, 0.2) is 0 Å². The van der Waals surface area contributed by atoms with Gasteiger partial charge in [-0.2, -0.15) is 0 Å². The van der Waals surface area contributed by atoms with E-state index in [4.69, 9.17) is 18.5 Å². The molecular weight excluding hydrogens is 836 g/mol. The molecule has 6 atom stereocenters. The molecule has 0 heterocycles. The van der Waals surface area contributed by atoms with Crippen molar-refractivity contribution in [1.29, 1.82) is 0 Å². The van der Waals surface area contributed by atoms with Gasteiger partial charge >= 0.3 is 13.8 Å². The van der Waals surface area contributed by atoms with Crippen LogP contribution in [-0.4, -0.2) is 98.9 Å². The molecule has 378 valence electrons. The molecule has 12 nitrogen and oxygen atoms in total. The molecule has 1 fully saturated rings. The zero-order valence-electron chi connectivity index (χ0n) is 40.6. The monoisotopic (exact) mass is 933 g/mol. The molecule has 1 aliphatic rings. The number of carbonyl (C=O) groups is 1. The molecule has 1 rings (SSSR count). The largest absolute Gasteiger partial charge is 0.472 e. The Morgan fingerprint density at radius 2 is 0.828 bits per heavy atom. The molecule has 64 heavy (non-hydrogen) atoms. The highest BCUT2D eigenvalue weighted by Gasteiger charge is 2.51. The van der Waals surface area contributed by atoms with Crippen molar-refractivity contribution in [2.45, 2.75) is 275 Å². The van der Waals surface area contributed by atoms with Crippen molar-refractivity contribution in [2.24, 2.45) is 0 Å². The number of aliphatic hydroxyl groups excluding tert-OH is 5. The van der Waals surface area contributed by atoms with Gasteiger partial charge in [-0.3, -0.25) is 13.8 Å². The van der Waals surface area contributed by atoms with E-state index in [9.17, 15) is 39.8 Å². The summed E-state index contributed by atoms with van der Waals surface area (Å²) in [6, 6.07) is 0. The van der Waals surface area contributed by atoms with Crippen LogP contribution in [0.4, 0.5) is 0 Å². The fraction of sp³-hybridized carbons (Fsp3) is 0.902. The van der Waals surface area contributed by atoms with Gasteiger partial charge in [-0.25, -0.2) is 4.57 Å². The summed E-state index contributed by atoms with van der Waals surface area (Å²) < 4.78 is 34.3. The third-order valence-electron chi connectivity index (χ3n) is 12.3. The molecule has 1 saturated carbocycles. The maximum absolute atomic E-state index is 12.8. The highest BCUT2D eigenvalue weighted by molar-refractivity contribution is 7.47. The average molecular weight is 933 g/mol. The second-order valence-electron chi connectivity index (χ2n) is 18.4. The molecule has 6 unspecified atom stereocenters. The van der Waals surface area contributed by atoms with Crippen LogP contribution in [0.1, 0.15) is 232 Å². The molecule has 1 aliphatic carbocycles. The number of phosphoric ester groups is 1. The summed E-state index contributed by atoms with van der Waals surface area (Å²) in [7, 11) is -5.02. The van der Waals surface area contributed by atoms with Crippen LogP contribution < -0.4 is 0 Å². The topological polar surface area (TPSA) is 192 Å². The van der Waals surface area contributed by atoms with Crippen LogP contribution in [0.2, 0.25) is 0 Å². The number of esters is 1. The number of carbonyl (C=O) groups excluding carboxylic acids is 1. The summed E-state index contributed by atoms with van der Waals surface area (Å²) in [6.07, 6.45) is 36.7. The third kappa shape index (κ3) is 33.3. The maximum Gasteiger partial charge on any atom is 0.472 e. The van der Waals surface area contributed by atoms with Gasteiger partial charge in [0.05, 0.1) is 13.2 Å². The van der Waals surface area contributed by atoms with E-state index in [0.29, 0.717) is 13.0 Å². The van der Waals surface area contributed by atoms with Crippen molar-refractivity contribution in [3.8, 4) is 0 Å². The minimum atomic E-state index is -5.02. The Bertz CT molecular complexity index is 1150. The lowest BCUT2D eigenvalue weighted by atomic mass is 9.85. The van der Waals surface area contributed by atoms with Gasteiger partial charge in [0.25, 0.3) is 0 Å². The quantitative estimate of drug-likeness (QED) is 0.0147. The maximum atomic E-state index is 12.8. The summed E-state index contributed by atoms with van der Waals surface area (Å²) in [4.78, 5) is 23.2. The molecule has 0 aliphatic heterocycles. The summed E-state index contributed by atoms with van der Waals surface area (Å²) >= 11 is 0. The molecule has 13 heteroatoms. The predicted molar refractivity (Wildman–Crippen MR) is 258 cm³/mol. The zero-order valence-corrected chi connectivity index (χ0v) is 41.5. The Labute approximate surface area is 390 Å². The number of phosphoric acid groups is 1. The number of hydrogen-bond donors (Lipinski definition) is 6. The zero-order chi connectivity index (χ0) is 46.9. The van der Waals surface area contributed by atoms with Crippen molar-refractivity contribution in [3.05, 3.63) is 24.3 Å². The van der Waals surface area contributed by atoms with Crippen LogP contribution in [-0.2, 0) is 27.9 Å². The Hall–Kier alpha value is -1.18. The van der Waals surface area contributed by atoms with Gasteiger partial charge in [-0.1, -0.05) is 186 Å². The summed E-state index contributed by atoms with van der Waals surface area (Å²) in [5.41, 5.74) is 0. The molecule has 0 aromatic carbocycles. The molecule has 6 N–H and O–H groups in total. The standard InChI is InChI=1S/C51H97O12P/c1-3-5-7-9-11-13-15-17-19-21-22-23-24-25-26-28-30-32-34-36-38-40-45(52)62-44(43-61-64(58,59)63-51-49(56)47(54)46(53)48(55)50(51)57)42-60-41-39-37-35-33-31-29-27-20-18-16-14-12-10-8-6-4-2/h18,20-22,44,46-51,53-57H,3-17,19,23-43H2,1-2H3,(H,58,59)/b20-18-,22-21-. The van der Waals surface area contributed by atoms with E-state index < -0.39 is 63.1 Å². The van der Waals surface area contributed by atoms with Crippen molar-refractivity contribution in [2.75, 3.05) is 19.8 Å². The minimum Gasteiger partial charge on any atom is -0.457 e. The normalized spacial score (nSPS) is 21.8. The van der Waals surface area contributed by atoms with Crippen LogP contribution in [0.25, 0.3) is 0 Å². The first-order valence-corrected chi connectivity index (χ1v) is 27.7. The Kier molecular flexibility index (Phi) is 39.9. The van der Waals surface area contributed by atoms with E-state index in [2.05, 4.69) is 38.2 Å². The summed E-state index contributed by atoms with van der Waals surface area (Å²) in [5, 5.41) is 50.3. The van der Waals surface area contributed by atoms with E-state index in [1.165, 1.54) is 154 Å². The highest BCUT2D eigenvalue weighted by atomic mass is 31.2.